The molecule has 4 heteroatoms. The van der Waals surface area contributed by atoms with Gasteiger partial charge in [0.25, 0.3) is 0 Å². The van der Waals surface area contributed by atoms with E-state index in [-0.39, 0.29) is 0 Å². The Kier molecular flexibility index (Phi) is 4.00. The summed E-state index contributed by atoms with van der Waals surface area (Å²) in [7, 11) is 0. The number of benzene rings is 2. The number of hydrogen-bond acceptors (Lipinski definition) is 2. The molecule has 0 atom stereocenters. The molecule has 0 unspecified atom stereocenters. The van der Waals surface area contributed by atoms with Gasteiger partial charge in [0, 0.05) is 6.54 Å². The average molecular weight is 281 g/mol. The van der Waals surface area contributed by atoms with Crippen LogP contribution < -0.4 is 11.1 Å². The Balaban J connectivity index is 2.09. The van der Waals surface area contributed by atoms with Crippen molar-refractivity contribution in [3.63, 3.8) is 0 Å². The minimum absolute atomic E-state index is 0.563. The molecule has 0 fully saturated rings. The first-order valence-electron chi connectivity index (χ1n) is 5.60. The fourth-order valence-electron chi connectivity index (χ4n) is 1.69. The van der Waals surface area contributed by atoms with E-state index >= 15 is 0 Å². The highest BCUT2D eigenvalue weighted by Crippen LogP contribution is 2.24. The maximum absolute atomic E-state index is 5.96. The number of nitrogens with one attached hydrogen (secondary N) is 1. The first-order chi connectivity index (χ1) is 8.56. The average Bonchev–Trinajstić information content (AvgIpc) is 2.32. The van der Waals surface area contributed by atoms with Crippen molar-refractivity contribution >= 4 is 34.6 Å². The summed E-state index contributed by atoms with van der Waals surface area (Å²) in [5.74, 6) is 0. The third kappa shape index (κ3) is 3.09. The Morgan fingerprint density at radius 3 is 2.50 bits per heavy atom. The number of halogens is 2. The highest BCUT2D eigenvalue weighted by atomic mass is 35.5. The van der Waals surface area contributed by atoms with Crippen molar-refractivity contribution in [2.24, 2.45) is 0 Å². The molecule has 0 bridgehead atoms. The third-order valence-electron chi connectivity index (χ3n) is 2.67. The second kappa shape index (κ2) is 5.51. The Bertz CT molecular complexity index is 568. The van der Waals surface area contributed by atoms with Gasteiger partial charge < -0.3 is 11.1 Å². The number of nitrogens with two attached hydrogens (primary N) is 1. The number of rotatable bonds is 3. The van der Waals surface area contributed by atoms with E-state index in [1.165, 1.54) is 0 Å². The molecule has 0 heterocycles. The first kappa shape index (κ1) is 13.1. The summed E-state index contributed by atoms with van der Waals surface area (Å²) in [5.41, 5.74) is 9.80. The van der Waals surface area contributed by atoms with E-state index in [1.54, 1.807) is 6.07 Å². The lowest BCUT2D eigenvalue weighted by atomic mass is 10.2. The van der Waals surface area contributed by atoms with Gasteiger partial charge in [-0.15, -0.1) is 0 Å². The highest BCUT2D eigenvalue weighted by molar-refractivity contribution is 6.42. The molecule has 0 radical (unpaired) electrons. The third-order valence-corrected chi connectivity index (χ3v) is 3.41. The van der Waals surface area contributed by atoms with E-state index in [1.807, 2.05) is 37.3 Å². The van der Waals surface area contributed by atoms with Gasteiger partial charge in [-0.2, -0.15) is 0 Å². The molecule has 0 aromatic heterocycles. The van der Waals surface area contributed by atoms with Gasteiger partial charge in [0.05, 0.1) is 21.4 Å². The van der Waals surface area contributed by atoms with Crippen molar-refractivity contribution in [3.8, 4) is 0 Å². The normalized spacial score (nSPS) is 10.4. The number of hydrogen-bond donors (Lipinski definition) is 2. The largest absolute Gasteiger partial charge is 0.397 e. The molecular formula is C14H14Cl2N2. The molecule has 2 aromatic carbocycles. The number of nitrogen functional groups attached to an aromatic ring is 1. The van der Waals surface area contributed by atoms with Crippen molar-refractivity contribution < 1.29 is 0 Å². The fourth-order valence-corrected chi connectivity index (χ4v) is 2.01. The van der Waals surface area contributed by atoms with E-state index in [9.17, 15) is 0 Å². The Morgan fingerprint density at radius 2 is 1.83 bits per heavy atom. The van der Waals surface area contributed by atoms with E-state index in [0.29, 0.717) is 16.6 Å². The molecule has 0 aliphatic carbocycles. The van der Waals surface area contributed by atoms with Crippen LogP contribution in [0.3, 0.4) is 0 Å². The lowest BCUT2D eigenvalue weighted by Gasteiger charge is -2.10. The van der Waals surface area contributed by atoms with Crippen LogP contribution in [-0.2, 0) is 6.54 Å². The first-order valence-corrected chi connectivity index (χ1v) is 6.36. The van der Waals surface area contributed by atoms with Gasteiger partial charge in [0.15, 0.2) is 0 Å². The monoisotopic (exact) mass is 280 g/mol. The molecule has 0 spiro atoms. The van der Waals surface area contributed by atoms with Gasteiger partial charge in [0.2, 0.25) is 0 Å². The van der Waals surface area contributed by atoms with Gasteiger partial charge in [0.1, 0.15) is 0 Å². The van der Waals surface area contributed by atoms with Crippen LogP contribution in [-0.4, -0.2) is 0 Å². The SMILES string of the molecule is Cc1ccc(NCc2ccc(Cl)c(Cl)c2)c(N)c1. The maximum Gasteiger partial charge on any atom is 0.0595 e. The topological polar surface area (TPSA) is 38.0 Å². The van der Waals surface area contributed by atoms with Crippen molar-refractivity contribution in [1.29, 1.82) is 0 Å². The second-order valence-corrected chi connectivity index (χ2v) is 5.01. The van der Waals surface area contributed by atoms with Gasteiger partial charge in [-0.3, -0.25) is 0 Å². The summed E-state index contributed by atoms with van der Waals surface area (Å²) < 4.78 is 0. The molecule has 18 heavy (non-hydrogen) atoms. The molecule has 0 aliphatic rings. The van der Waals surface area contributed by atoms with Crippen molar-refractivity contribution in [2.45, 2.75) is 13.5 Å². The Hall–Kier alpha value is -1.38. The van der Waals surface area contributed by atoms with Gasteiger partial charge >= 0.3 is 0 Å². The molecule has 0 amide bonds. The lowest BCUT2D eigenvalue weighted by Crippen LogP contribution is -2.02. The molecule has 0 aliphatic heterocycles. The quantitative estimate of drug-likeness (QED) is 0.813. The summed E-state index contributed by atoms with van der Waals surface area (Å²) in [4.78, 5) is 0. The smallest absolute Gasteiger partial charge is 0.0595 e. The van der Waals surface area contributed by atoms with E-state index in [4.69, 9.17) is 28.9 Å². The fraction of sp³-hybridized carbons (Fsp3) is 0.143. The summed E-state index contributed by atoms with van der Waals surface area (Å²) in [6, 6.07) is 11.5. The van der Waals surface area contributed by atoms with E-state index < -0.39 is 0 Å². The van der Waals surface area contributed by atoms with Crippen molar-refractivity contribution in [1.82, 2.24) is 0 Å². The minimum atomic E-state index is 0.563. The molecule has 2 rings (SSSR count). The van der Waals surface area contributed by atoms with Crippen LogP contribution in [0.4, 0.5) is 11.4 Å². The van der Waals surface area contributed by atoms with Crippen LogP contribution in [0, 0.1) is 6.92 Å². The predicted octanol–water partition coefficient (Wildman–Crippen LogP) is 4.50. The van der Waals surface area contributed by atoms with Crippen molar-refractivity contribution in [3.05, 3.63) is 57.6 Å². The molecule has 94 valence electrons. The van der Waals surface area contributed by atoms with Crippen LogP contribution in [0.15, 0.2) is 36.4 Å². The highest BCUT2D eigenvalue weighted by Gasteiger charge is 2.01. The van der Waals surface area contributed by atoms with Crippen LogP contribution >= 0.6 is 23.2 Å². The lowest BCUT2D eigenvalue weighted by molar-refractivity contribution is 1.15. The standard InChI is InChI=1S/C14H14Cl2N2/c1-9-2-5-14(13(17)6-9)18-8-10-3-4-11(15)12(16)7-10/h2-7,18H,8,17H2,1H3. The van der Waals surface area contributed by atoms with Crippen molar-refractivity contribution in [2.75, 3.05) is 11.1 Å². The van der Waals surface area contributed by atoms with Gasteiger partial charge in [-0.25, -0.2) is 0 Å². The molecule has 0 saturated heterocycles. The van der Waals surface area contributed by atoms with Crippen LogP contribution in [0.1, 0.15) is 11.1 Å². The summed E-state index contributed by atoms with van der Waals surface area (Å²) in [6.45, 7) is 2.67. The Labute approximate surface area is 117 Å². The summed E-state index contributed by atoms with van der Waals surface area (Å²) >= 11 is 11.8. The van der Waals surface area contributed by atoms with Crippen LogP contribution in [0.25, 0.3) is 0 Å². The Morgan fingerprint density at radius 1 is 1.06 bits per heavy atom. The molecule has 3 N–H and O–H groups in total. The molecule has 2 aromatic rings. The van der Waals surface area contributed by atoms with Gasteiger partial charge in [-0.1, -0.05) is 35.3 Å². The van der Waals surface area contributed by atoms with E-state index in [2.05, 4.69) is 5.32 Å². The molecule has 2 nitrogen and oxygen atoms in total. The number of aryl methyl sites for hydroxylation is 1. The molecular weight excluding hydrogens is 267 g/mol. The zero-order valence-corrected chi connectivity index (χ0v) is 11.5. The predicted molar refractivity (Wildman–Crippen MR) is 79.4 cm³/mol. The van der Waals surface area contributed by atoms with E-state index in [0.717, 1.165) is 22.5 Å². The zero-order chi connectivity index (χ0) is 13.1. The second-order valence-electron chi connectivity index (χ2n) is 4.19. The van der Waals surface area contributed by atoms with Gasteiger partial charge in [-0.05, 0) is 42.3 Å². The number of anilines is 2. The zero-order valence-electron chi connectivity index (χ0n) is 10.0. The molecule has 0 saturated carbocycles. The minimum Gasteiger partial charge on any atom is -0.397 e. The van der Waals surface area contributed by atoms with Crippen LogP contribution in [0.2, 0.25) is 10.0 Å². The summed E-state index contributed by atoms with van der Waals surface area (Å²) in [6.07, 6.45) is 0. The summed E-state index contributed by atoms with van der Waals surface area (Å²) in [5, 5.41) is 4.40. The van der Waals surface area contributed by atoms with Crippen LogP contribution in [0.5, 0.6) is 0 Å². The maximum atomic E-state index is 5.96.